The van der Waals surface area contributed by atoms with Crippen LogP contribution in [0, 0.1) is 16.0 Å². The fourth-order valence-electron chi connectivity index (χ4n) is 3.50. The zero-order chi connectivity index (χ0) is 15.6. The number of aryl methyl sites for hydroxylation is 2. The van der Waals surface area contributed by atoms with Gasteiger partial charge in [-0.25, -0.2) is 4.68 Å². The Morgan fingerprint density at radius 1 is 1.52 bits per heavy atom. The van der Waals surface area contributed by atoms with E-state index in [-0.39, 0.29) is 16.7 Å². The highest BCUT2D eigenvalue weighted by atomic mass is 16.6. The van der Waals surface area contributed by atoms with Crippen molar-refractivity contribution in [3.63, 3.8) is 0 Å². The average Bonchev–Trinajstić information content (AvgIpc) is 3.02. The minimum absolute atomic E-state index is 0.157. The number of aromatic nitrogens is 2. The number of anilines is 1. The lowest BCUT2D eigenvalue weighted by Crippen LogP contribution is -2.39. The Morgan fingerprint density at radius 2 is 2.24 bits per heavy atom. The maximum absolute atomic E-state index is 11.5. The molecule has 1 aliphatic carbocycles. The SMILES string of the molecule is CCCc1nn(C)c(N(C)C2CCCC2CN)c1[N+](=O)[O-]. The van der Waals surface area contributed by atoms with Gasteiger partial charge >= 0.3 is 5.69 Å². The molecular weight excluding hydrogens is 270 g/mol. The first-order chi connectivity index (χ1) is 10.0. The molecule has 0 aliphatic heterocycles. The van der Waals surface area contributed by atoms with Gasteiger partial charge in [-0.05, 0) is 31.7 Å². The molecule has 0 saturated heterocycles. The zero-order valence-corrected chi connectivity index (χ0v) is 13.1. The van der Waals surface area contributed by atoms with E-state index in [4.69, 9.17) is 5.73 Å². The van der Waals surface area contributed by atoms with E-state index in [0.29, 0.717) is 30.4 Å². The zero-order valence-electron chi connectivity index (χ0n) is 13.1. The first kappa shape index (κ1) is 15.8. The number of hydrogen-bond acceptors (Lipinski definition) is 5. The molecule has 0 spiro atoms. The van der Waals surface area contributed by atoms with Crippen molar-refractivity contribution in [3.8, 4) is 0 Å². The summed E-state index contributed by atoms with van der Waals surface area (Å²) < 4.78 is 1.65. The van der Waals surface area contributed by atoms with E-state index in [0.717, 1.165) is 25.7 Å². The van der Waals surface area contributed by atoms with Gasteiger partial charge in [0.15, 0.2) is 0 Å². The summed E-state index contributed by atoms with van der Waals surface area (Å²) in [5.74, 6) is 1.01. The summed E-state index contributed by atoms with van der Waals surface area (Å²) in [7, 11) is 3.71. The number of nitrogens with two attached hydrogens (primary N) is 1. The predicted octanol–water partition coefficient (Wildman–Crippen LogP) is 1.84. The largest absolute Gasteiger partial charge is 0.351 e. The monoisotopic (exact) mass is 295 g/mol. The van der Waals surface area contributed by atoms with E-state index in [1.165, 1.54) is 0 Å². The highest BCUT2D eigenvalue weighted by Crippen LogP contribution is 2.37. The minimum Gasteiger partial charge on any atom is -0.351 e. The molecule has 2 atom stereocenters. The topological polar surface area (TPSA) is 90.2 Å². The van der Waals surface area contributed by atoms with Crippen LogP contribution in [0.3, 0.4) is 0 Å². The molecule has 7 nitrogen and oxygen atoms in total. The van der Waals surface area contributed by atoms with Crippen molar-refractivity contribution < 1.29 is 4.92 Å². The van der Waals surface area contributed by atoms with Crippen LogP contribution in [-0.2, 0) is 13.5 Å². The number of nitro groups is 1. The second-order valence-electron chi connectivity index (χ2n) is 5.85. The quantitative estimate of drug-likeness (QED) is 0.639. The maximum atomic E-state index is 11.5. The summed E-state index contributed by atoms with van der Waals surface area (Å²) in [5.41, 5.74) is 6.58. The van der Waals surface area contributed by atoms with Crippen molar-refractivity contribution in [2.75, 3.05) is 18.5 Å². The van der Waals surface area contributed by atoms with Crippen LogP contribution in [0.1, 0.15) is 38.3 Å². The summed E-state index contributed by atoms with van der Waals surface area (Å²) in [6, 6.07) is 0.263. The Hall–Kier alpha value is -1.63. The van der Waals surface area contributed by atoms with Crippen molar-refractivity contribution >= 4 is 11.5 Å². The van der Waals surface area contributed by atoms with Crippen LogP contribution in [-0.4, -0.2) is 34.3 Å². The van der Waals surface area contributed by atoms with Crippen molar-refractivity contribution in [3.05, 3.63) is 15.8 Å². The molecule has 2 unspecified atom stereocenters. The average molecular weight is 295 g/mol. The van der Waals surface area contributed by atoms with Gasteiger partial charge in [0, 0.05) is 20.1 Å². The fourth-order valence-corrected chi connectivity index (χ4v) is 3.50. The predicted molar refractivity (Wildman–Crippen MR) is 82.4 cm³/mol. The third-order valence-electron chi connectivity index (χ3n) is 4.49. The second-order valence-corrected chi connectivity index (χ2v) is 5.85. The van der Waals surface area contributed by atoms with E-state index in [9.17, 15) is 10.1 Å². The molecule has 7 heteroatoms. The number of rotatable bonds is 6. The minimum atomic E-state index is -0.295. The molecule has 1 aliphatic rings. The Bertz CT molecular complexity index is 514. The lowest BCUT2D eigenvalue weighted by molar-refractivity contribution is -0.384. The molecule has 1 fully saturated rings. The van der Waals surface area contributed by atoms with Crippen LogP contribution in [0.25, 0.3) is 0 Å². The molecule has 0 bridgehead atoms. The summed E-state index contributed by atoms with van der Waals surface area (Å²) in [4.78, 5) is 13.2. The van der Waals surface area contributed by atoms with Gasteiger partial charge in [-0.1, -0.05) is 19.8 Å². The number of nitrogens with zero attached hydrogens (tertiary/aromatic N) is 4. The Kier molecular flexibility index (Phi) is 4.82. The third kappa shape index (κ3) is 2.88. The normalized spacial score (nSPS) is 21.7. The van der Waals surface area contributed by atoms with Gasteiger partial charge in [0.05, 0.1) is 4.92 Å². The van der Waals surface area contributed by atoms with E-state index < -0.39 is 0 Å². The molecule has 2 rings (SSSR count). The molecule has 1 aromatic rings. The lowest BCUT2D eigenvalue weighted by atomic mass is 10.0. The summed E-state index contributed by atoms with van der Waals surface area (Å²) in [5, 5.41) is 15.9. The second kappa shape index (κ2) is 6.43. The fraction of sp³-hybridized carbons (Fsp3) is 0.786. The van der Waals surface area contributed by atoms with Crippen molar-refractivity contribution in [1.82, 2.24) is 9.78 Å². The highest BCUT2D eigenvalue weighted by molar-refractivity contribution is 5.62. The molecule has 118 valence electrons. The summed E-state index contributed by atoms with van der Waals surface area (Å²) >= 11 is 0. The smallest absolute Gasteiger partial charge is 0.334 e. The Morgan fingerprint density at radius 3 is 2.81 bits per heavy atom. The molecule has 2 N–H and O–H groups in total. The van der Waals surface area contributed by atoms with E-state index in [1.807, 2.05) is 18.9 Å². The van der Waals surface area contributed by atoms with Gasteiger partial charge in [-0.3, -0.25) is 10.1 Å². The van der Waals surface area contributed by atoms with Gasteiger partial charge in [0.2, 0.25) is 5.82 Å². The van der Waals surface area contributed by atoms with E-state index >= 15 is 0 Å². The van der Waals surface area contributed by atoms with Crippen LogP contribution in [0.15, 0.2) is 0 Å². The standard InChI is InChI=1S/C14H25N5O2/c1-4-6-11-13(19(20)21)14(18(3)16-11)17(2)12-8-5-7-10(12)9-15/h10,12H,4-9,15H2,1-3H3. The number of hydrogen-bond donors (Lipinski definition) is 1. The van der Waals surface area contributed by atoms with Crippen molar-refractivity contribution in [2.24, 2.45) is 18.7 Å². The molecule has 1 heterocycles. The molecule has 0 aromatic carbocycles. The molecule has 1 aromatic heterocycles. The maximum Gasteiger partial charge on any atom is 0.334 e. The molecule has 0 radical (unpaired) electrons. The van der Waals surface area contributed by atoms with Crippen LogP contribution in [0.5, 0.6) is 0 Å². The van der Waals surface area contributed by atoms with Crippen LogP contribution in [0.2, 0.25) is 0 Å². The Balaban J connectivity index is 2.40. The van der Waals surface area contributed by atoms with Crippen molar-refractivity contribution in [2.45, 2.75) is 45.1 Å². The summed E-state index contributed by atoms with van der Waals surface area (Å²) in [6.07, 6.45) is 4.73. The van der Waals surface area contributed by atoms with Crippen LogP contribution >= 0.6 is 0 Å². The van der Waals surface area contributed by atoms with Crippen LogP contribution < -0.4 is 10.6 Å². The summed E-state index contributed by atoms with van der Waals surface area (Å²) in [6.45, 7) is 2.63. The molecule has 0 amide bonds. The first-order valence-electron chi connectivity index (χ1n) is 7.64. The van der Waals surface area contributed by atoms with Gasteiger partial charge in [-0.2, -0.15) is 5.10 Å². The van der Waals surface area contributed by atoms with Crippen LogP contribution in [0.4, 0.5) is 11.5 Å². The molecule has 1 saturated carbocycles. The van der Waals surface area contributed by atoms with E-state index in [1.54, 1.807) is 11.7 Å². The van der Waals surface area contributed by atoms with Gasteiger partial charge in [0.25, 0.3) is 0 Å². The van der Waals surface area contributed by atoms with E-state index in [2.05, 4.69) is 5.10 Å². The van der Waals surface area contributed by atoms with Gasteiger partial charge < -0.3 is 10.6 Å². The molecular formula is C14H25N5O2. The third-order valence-corrected chi connectivity index (χ3v) is 4.49. The Labute approximate surface area is 125 Å². The first-order valence-corrected chi connectivity index (χ1v) is 7.64. The molecule has 21 heavy (non-hydrogen) atoms. The lowest BCUT2D eigenvalue weighted by Gasteiger charge is -2.30. The van der Waals surface area contributed by atoms with Crippen molar-refractivity contribution in [1.29, 1.82) is 0 Å². The van der Waals surface area contributed by atoms with Gasteiger partial charge in [-0.15, -0.1) is 0 Å². The highest BCUT2D eigenvalue weighted by Gasteiger charge is 2.36. The van der Waals surface area contributed by atoms with Gasteiger partial charge in [0.1, 0.15) is 5.69 Å².